The SMILES string of the molecule is C=CC=C.c1ccc(-c2cc(-c3ccccc3)cc(-c3ccc(-c4nc(-c5ccccc5)c5cc(-c6ccc7c8ccccc8n(-c8ccccc8)c7c6)ccc5n4)cc3)c2)cc1. The van der Waals surface area contributed by atoms with Crippen molar-refractivity contribution in [3.8, 4) is 72.8 Å². The molecule has 0 N–H and O–H groups in total. The molecule has 3 heteroatoms. The first-order chi connectivity index (χ1) is 31.1. The number of benzene rings is 9. The summed E-state index contributed by atoms with van der Waals surface area (Å²) in [6.45, 7) is 6.72. The number of allylic oxidation sites excluding steroid dienone is 2. The number of rotatable bonds is 8. The van der Waals surface area contributed by atoms with Crippen LogP contribution in [-0.4, -0.2) is 14.5 Å². The third-order valence-corrected chi connectivity index (χ3v) is 11.6. The van der Waals surface area contributed by atoms with Gasteiger partial charge in [-0.3, -0.25) is 0 Å². The molecule has 11 rings (SSSR count). The molecule has 2 heterocycles. The average molecular weight is 806 g/mol. The Morgan fingerprint density at radius 2 is 0.778 bits per heavy atom. The monoisotopic (exact) mass is 805 g/mol. The number of nitrogens with zero attached hydrogens (tertiary/aromatic N) is 3. The molecule has 298 valence electrons. The van der Waals surface area contributed by atoms with Crippen molar-refractivity contribution in [1.29, 1.82) is 0 Å². The van der Waals surface area contributed by atoms with Gasteiger partial charge in [0.1, 0.15) is 0 Å². The summed E-state index contributed by atoms with van der Waals surface area (Å²) >= 11 is 0. The molecule has 11 aromatic rings. The van der Waals surface area contributed by atoms with E-state index in [1.54, 1.807) is 12.2 Å². The summed E-state index contributed by atoms with van der Waals surface area (Å²) < 4.78 is 2.37. The van der Waals surface area contributed by atoms with E-state index in [-0.39, 0.29) is 0 Å². The zero-order valence-electron chi connectivity index (χ0n) is 34.8. The van der Waals surface area contributed by atoms with Crippen LogP contribution in [0.2, 0.25) is 0 Å². The molecule has 0 spiro atoms. The minimum absolute atomic E-state index is 0.701. The summed E-state index contributed by atoms with van der Waals surface area (Å²) in [5, 5.41) is 3.50. The molecule has 0 aliphatic heterocycles. The standard InChI is InChI=1S/C56H37N3.C4H6/c1-5-15-38(16-6-1)45-33-46(39-17-7-2-8-18-39)35-47(34-45)40-25-27-42(28-26-40)56-57-52-32-30-43(36-51(52)55(58-56)41-19-9-3-10-20-41)44-29-31-50-49-23-13-14-24-53(49)59(54(50)37-44)48-21-11-4-12-22-48;1-3-4-2/h1-37H;3-4H,1-2H2. The van der Waals surface area contributed by atoms with Crippen molar-refractivity contribution in [3.63, 3.8) is 0 Å². The molecule has 0 aliphatic rings. The maximum absolute atomic E-state index is 5.30. The predicted molar refractivity (Wildman–Crippen MR) is 267 cm³/mol. The molecule has 0 saturated carbocycles. The molecule has 0 fully saturated rings. The zero-order valence-corrected chi connectivity index (χ0v) is 34.8. The number of aromatic nitrogens is 3. The fourth-order valence-electron chi connectivity index (χ4n) is 8.46. The molecule has 9 aromatic carbocycles. The van der Waals surface area contributed by atoms with Gasteiger partial charge < -0.3 is 4.57 Å². The second kappa shape index (κ2) is 17.3. The molecule has 0 aliphatic carbocycles. The predicted octanol–water partition coefficient (Wildman–Crippen LogP) is 16.1. The van der Waals surface area contributed by atoms with E-state index >= 15 is 0 Å². The largest absolute Gasteiger partial charge is 0.309 e. The van der Waals surface area contributed by atoms with Gasteiger partial charge in [-0.2, -0.15) is 0 Å². The highest BCUT2D eigenvalue weighted by Gasteiger charge is 2.16. The fraction of sp³-hybridized carbons (Fsp3) is 0. The van der Waals surface area contributed by atoms with E-state index in [2.05, 4.69) is 242 Å². The summed E-state index contributed by atoms with van der Waals surface area (Å²) in [7, 11) is 0. The Hall–Kier alpha value is -8.40. The Labute approximate surface area is 368 Å². The van der Waals surface area contributed by atoms with Crippen LogP contribution in [0.25, 0.3) is 106 Å². The highest BCUT2D eigenvalue weighted by molar-refractivity contribution is 6.10. The summed E-state index contributed by atoms with van der Waals surface area (Å²) in [6, 6.07) is 79.9. The van der Waals surface area contributed by atoms with Gasteiger partial charge in [0, 0.05) is 33.0 Å². The molecule has 3 nitrogen and oxygen atoms in total. The molecule has 0 atom stereocenters. The van der Waals surface area contributed by atoms with Gasteiger partial charge in [0.2, 0.25) is 0 Å². The summed E-state index contributed by atoms with van der Waals surface area (Å²) in [6.07, 6.45) is 3.28. The zero-order chi connectivity index (χ0) is 42.5. The Bertz CT molecular complexity index is 3320. The van der Waals surface area contributed by atoms with Crippen LogP contribution in [0.15, 0.2) is 250 Å². The van der Waals surface area contributed by atoms with Gasteiger partial charge in [-0.25, -0.2) is 9.97 Å². The van der Waals surface area contributed by atoms with Gasteiger partial charge in [-0.05, 0) is 99.1 Å². The quantitative estimate of drug-likeness (QED) is 0.143. The number of para-hydroxylation sites is 2. The molecule has 0 unspecified atom stereocenters. The van der Waals surface area contributed by atoms with Crippen LogP contribution >= 0.6 is 0 Å². The van der Waals surface area contributed by atoms with E-state index in [0.29, 0.717) is 5.82 Å². The van der Waals surface area contributed by atoms with Gasteiger partial charge in [-0.15, -0.1) is 0 Å². The van der Waals surface area contributed by atoms with Crippen molar-refractivity contribution >= 4 is 32.7 Å². The second-order valence-electron chi connectivity index (χ2n) is 15.5. The first-order valence-electron chi connectivity index (χ1n) is 21.2. The van der Waals surface area contributed by atoms with E-state index in [4.69, 9.17) is 9.97 Å². The van der Waals surface area contributed by atoms with Crippen LogP contribution in [0.5, 0.6) is 0 Å². The van der Waals surface area contributed by atoms with E-state index in [9.17, 15) is 0 Å². The van der Waals surface area contributed by atoms with Crippen molar-refractivity contribution in [3.05, 3.63) is 250 Å². The molecule has 2 aromatic heterocycles. The highest BCUT2D eigenvalue weighted by atomic mass is 15.0. The maximum atomic E-state index is 5.30. The fourth-order valence-corrected chi connectivity index (χ4v) is 8.46. The normalized spacial score (nSPS) is 11.0. The lowest BCUT2D eigenvalue weighted by Gasteiger charge is -2.13. The minimum atomic E-state index is 0.701. The van der Waals surface area contributed by atoms with Gasteiger partial charge in [-0.1, -0.05) is 195 Å². The van der Waals surface area contributed by atoms with Crippen molar-refractivity contribution in [2.45, 2.75) is 0 Å². The Morgan fingerprint density at radius 3 is 1.38 bits per heavy atom. The Morgan fingerprint density at radius 1 is 0.317 bits per heavy atom. The molecular formula is C60H43N3. The van der Waals surface area contributed by atoms with Crippen molar-refractivity contribution in [2.24, 2.45) is 0 Å². The van der Waals surface area contributed by atoms with Crippen LogP contribution in [0.3, 0.4) is 0 Å². The Balaban J connectivity index is 0.00000113. The van der Waals surface area contributed by atoms with Crippen LogP contribution < -0.4 is 0 Å². The lowest BCUT2D eigenvalue weighted by Crippen LogP contribution is -1.96. The maximum Gasteiger partial charge on any atom is 0.160 e. The first kappa shape index (κ1) is 38.8. The molecular weight excluding hydrogens is 763 g/mol. The molecule has 0 bridgehead atoms. The van der Waals surface area contributed by atoms with Gasteiger partial charge in [0.05, 0.1) is 22.2 Å². The molecule has 63 heavy (non-hydrogen) atoms. The number of hydrogen-bond acceptors (Lipinski definition) is 2. The number of fused-ring (bicyclic) bond motifs is 4. The van der Waals surface area contributed by atoms with Crippen molar-refractivity contribution in [1.82, 2.24) is 14.5 Å². The third-order valence-electron chi connectivity index (χ3n) is 11.6. The third kappa shape index (κ3) is 7.76. The van der Waals surface area contributed by atoms with Crippen LogP contribution in [0.1, 0.15) is 0 Å². The minimum Gasteiger partial charge on any atom is -0.309 e. The summed E-state index contributed by atoms with van der Waals surface area (Å²) in [5.74, 6) is 0.701. The van der Waals surface area contributed by atoms with E-state index < -0.39 is 0 Å². The smallest absolute Gasteiger partial charge is 0.160 e. The molecule has 0 amide bonds. The van der Waals surface area contributed by atoms with Crippen LogP contribution in [0.4, 0.5) is 0 Å². The van der Waals surface area contributed by atoms with E-state index in [1.807, 2.05) is 0 Å². The lowest BCUT2D eigenvalue weighted by atomic mass is 9.93. The molecule has 0 radical (unpaired) electrons. The van der Waals surface area contributed by atoms with Gasteiger partial charge in [0.25, 0.3) is 0 Å². The first-order valence-corrected chi connectivity index (χ1v) is 21.2. The number of hydrogen-bond donors (Lipinski definition) is 0. The topological polar surface area (TPSA) is 30.7 Å². The van der Waals surface area contributed by atoms with Gasteiger partial charge >= 0.3 is 0 Å². The lowest BCUT2D eigenvalue weighted by molar-refractivity contribution is 1.18. The Kier molecular flexibility index (Phi) is 10.6. The summed E-state index contributed by atoms with van der Waals surface area (Å²) in [4.78, 5) is 10.5. The molecule has 0 saturated heterocycles. The van der Waals surface area contributed by atoms with Gasteiger partial charge in [0.15, 0.2) is 5.82 Å². The van der Waals surface area contributed by atoms with Crippen LogP contribution in [0, 0.1) is 0 Å². The van der Waals surface area contributed by atoms with E-state index in [1.165, 1.54) is 44.1 Å². The average Bonchev–Trinajstić information content (AvgIpc) is 3.70. The summed E-state index contributed by atoms with van der Waals surface area (Å²) in [5.41, 5.74) is 16.7. The van der Waals surface area contributed by atoms with Crippen molar-refractivity contribution < 1.29 is 0 Å². The second-order valence-corrected chi connectivity index (χ2v) is 15.5. The van der Waals surface area contributed by atoms with E-state index in [0.717, 1.165) is 55.7 Å². The van der Waals surface area contributed by atoms with Crippen molar-refractivity contribution in [2.75, 3.05) is 0 Å². The highest BCUT2D eigenvalue weighted by Crippen LogP contribution is 2.38. The van der Waals surface area contributed by atoms with Crippen LogP contribution in [-0.2, 0) is 0 Å².